The Morgan fingerprint density at radius 3 is 1.43 bits per heavy atom. The number of H-pyrrole nitrogens is 1. The first-order chi connectivity index (χ1) is 15.3. The van der Waals surface area contributed by atoms with Crippen LogP contribution in [0.4, 0.5) is 80.5 Å². The molecular formula is C13H4F17N5. The minimum Gasteiger partial charge on any atom is -0.329 e. The number of imidazole rings is 1. The van der Waals surface area contributed by atoms with E-state index in [0.717, 1.165) is 0 Å². The topological polar surface area (TPSA) is 66.5 Å². The smallest absolute Gasteiger partial charge is 0.329 e. The zero-order valence-electron chi connectivity index (χ0n) is 15.4. The molecule has 200 valence electrons. The van der Waals surface area contributed by atoms with Crippen molar-refractivity contribution >= 4 is 17.0 Å². The molecule has 0 aliphatic carbocycles. The molecule has 35 heavy (non-hydrogen) atoms. The van der Waals surface area contributed by atoms with Gasteiger partial charge in [0.25, 0.3) is 0 Å². The normalized spacial score (nSPS) is 15.6. The summed E-state index contributed by atoms with van der Waals surface area (Å²) in [5, 5.41) is 0.120. The van der Waals surface area contributed by atoms with E-state index in [-0.39, 0.29) is 11.6 Å². The van der Waals surface area contributed by atoms with Crippen LogP contribution >= 0.6 is 0 Å². The molecule has 0 atom stereocenters. The van der Waals surface area contributed by atoms with Gasteiger partial charge in [0.05, 0.1) is 6.33 Å². The molecule has 0 aliphatic rings. The van der Waals surface area contributed by atoms with E-state index >= 15 is 0 Å². The average Bonchev–Trinajstić information content (AvgIpc) is 3.15. The third kappa shape index (κ3) is 3.65. The first-order valence-corrected chi connectivity index (χ1v) is 7.95. The summed E-state index contributed by atoms with van der Waals surface area (Å²) >= 11 is 0. The van der Waals surface area contributed by atoms with Crippen LogP contribution in [0, 0.1) is 0 Å². The summed E-state index contributed by atoms with van der Waals surface area (Å²) < 4.78 is 225. The lowest BCUT2D eigenvalue weighted by Gasteiger charge is -2.42. The Balaban J connectivity index is 2.59. The molecule has 0 radical (unpaired) electrons. The fourth-order valence-electron chi connectivity index (χ4n) is 2.25. The lowest BCUT2D eigenvalue weighted by atomic mass is 9.90. The van der Waals surface area contributed by atoms with Crippen molar-refractivity contribution in [3.63, 3.8) is 0 Å². The number of hydrogen-bond donors (Lipinski definition) is 2. The van der Waals surface area contributed by atoms with Crippen molar-refractivity contribution in [1.29, 1.82) is 0 Å². The number of nitrogens with one attached hydrogen (secondary N) is 2. The van der Waals surface area contributed by atoms with Gasteiger partial charge in [-0.2, -0.15) is 74.6 Å². The molecule has 2 aromatic heterocycles. The maximum absolute atomic E-state index is 13.9. The number of anilines is 1. The van der Waals surface area contributed by atoms with Crippen LogP contribution in [0.1, 0.15) is 0 Å². The molecule has 0 bridgehead atoms. The largest absolute Gasteiger partial charge is 0.460 e. The summed E-state index contributed by atoms with van der Waals surface area (Å²) in [5.41, 5.74) is -1.53. The Kier molecular flexibility index (Phi) is 6.15. The molecule has 0 spiro atoms. The Morgan fingerprint density at radius 2 is 0.971 bits per heavy atom. The van der Waals surface area contributed by atoms with Gasteiger partial charge in [-0.05, 0) is 0 Å². The number of aromatic nitrogens is 4. The van der Waals surface area contributed by atoms with Crippen LogP contribution in [0.2, 0.25) is 0 Å². The maximum Gasteiger partial charge on any atom is 0.460 e. The highest BCUT2D eigenvalue weighted by Crippen LogP contribution is 2.63. The predicted octanol–water partition coefficient (Wildman–Crippen LogP) is 5.73. The first kappa shape index (κ1) is 28.4. The van der Waals surface area contributed by atoms with Crippen molar-refractivity contribution < 1.29 is 74.6 Å². The molecule has 0 saturated carbocycles. The van der Waals surface area contributed by atoms with E-state index in [1.54, 1.807) is 0 Å². The fraction of sp³-hybridized carbons (Fsp3) is 0.615. The summed E-state index contributed by atoms with van der Waals surface area (Å²) in [6.07, 6.45) is -6.90. The summed E-state index contributed by atoms with van der Waals surface area (Å²) in [5.74, 6) is -52.0. The van der Waals surface area contributed by atoms with Gasteiger partial charge in [-0.3, -0.25) is 0 Å². The zero-order valence-corrected chi connectivity index (χ0v) is 15.4. The Labute approximate surface area is 178 Å². The second-order valence-electron chi connectivity index (χ2n) is 6.47. The summed E-state index contributed by atoms with van der Waals surface area (Å²) in [6, 6.07) is -6.84. The molecule has 0 saturated heterocycles. The number of nitrogens with zero attached hydrogens (tertiary/aromatic N) is 3. The number of alkyl halides is 17. The number of fused-ring (bicyclic) bond motifs is 1. The van der Waals surface area contributed by atoms with Gasteiger partial charge in [0, 0.05) is 0 Å². The molecule has 0 unspecified atom stereocenters. The second-order valence-corrected chi connectivity index (χ2v) is 6.47. The average molecular weight is 553 g/mol. The number of aromatic amines is 1. The van der Waals surface area contributed by atoms with Gasteiger partial charge in [-0.25, -0.2) is 15.0 Å². The standard InChI is InChI=1S/C13H4F17N5/c14-6(15,8(18,19)10(22,23)12(26,27)28)7(16,17)9(20,21)11(24,25)13(29,30)35-5-3-4(32-1-31-3)33-2-34-5/h1-2H,(H2,31,32,33,34,35). The lowest BCUT2D eigenvalue weighted by Crippen LogP contribution is -2.75. The van der Waals surface area contributed by atoms with E-state index in [1.807, 2.05) is 0 Å². The van der Waals surface area contributed by atoms with E-state index in [1.165, 1.54) is 0 Å². The van der Waals surface area contributed by atoms with E-state index in [2.05, 4.69) is 19.9 Å². The minimum absolute atomic E-state index is 0.120. The van der Waals surface area contributed by atoms with Crippen molar-refractivity contribution in [3.8, 4) is 0 Å². The molecular weight excluding hydrogens is 549 g/mol. The van der Waals surface area contributed by atoms with Crippen LogP contribution in [0.25, 0.3) is 11.2 Å². The van der Waals surface area contributed by atoms with Crippen molar-refractivity contribution in [2.24, 2.45) is 0 Å². The Bertz CT molecular complexity index is 1070. The second kappa shape index (κ2) is 7.58. The molecule has 5 nitrogen and oxygen atoms in total. The fourth-order valence-corrected chi connectivity index (χ4v) is 2.25. The lowest BCUT2D eigenvalue weighted by molar-refractivity contribution is -0.460. The highest BCUT2D eigenvalue weighted by Gasteiger charge is 2.95. The highest BCUT2D eigenvalue weighted by atomic mass is 19.4. The van der Waals surface area contributed by atoms with E-state index in [4.69, 9.17) is 0 Å². The van der Waals surface area contributed by atoms with Crippen LogP contribution in [0.3, 0.4) is 0 Å². The molecule has 2 aromatic rings. The zero-order chi connectivity index (χ0) is 27.7. The Morgan fingerprint density at radius 1 is 0.543 bits per heavy atom. The van der Waals surface area contributed by atoms with E-state index in [0.29, 0.717) is 6.33 Å². The van der Waals surface area contributed by atoms with Gasteiger partial charge in [-0.1, -0.05) is 0 Å². The number of halogens is 17. The van der Waals surface area contributed by atoms with Crippen molar-refractivity contribution in [3.05, 3.63) is 12.7 Å². The van der Waals surface area contributed by atoms with Crippen molar-refractivity contribution in [1.82, 2.24) is 19.9 Å². The summed E-state index contributed by atoms with van der Waals surface area (Å²) in [7, 11) is 0. The van der Waals surface area contributed by atoms with Crippen LogP contribution in [0.5, 0.6) is 0 Å². The SMILES string of the molecule is FC(F)(F)C(F)(F)C(F)(F)C(F)(F)C(F)(F)C(F)(F)C(F)(F)C(F)(F)Nc1ncnc2[nH]cnc12. The number of rotatable bonds is 8. The van der Waals surface area contributed by atoms with Crippen LogP contribution < -0.4 is 5.32 Å². The minimum atomic E-state index is -8.69. The van der Waals surface area contributed by atoms with Gasteiger partial charge in [0.1, 0.15) is 11.8 Å². The molecule has 22 heteroatoms. The monoisotopic (exact) mass is 553 g/mol. The molecule has 0 aromatic carbocycles. The van der Waals surface area contributed by atoms with Gasteiger partial charge in [-0.15, -0.1) is 0 Å². The molecule has 2 heterocycles. The van der Waals surface area contributed by atoms with Crippen LogP contribution in [-0.2, 0) is 0 Å². The van der Waals surface area contributed by atoms with Gasteiger partial charge in [0.15, 0.2) is 11.5 Å². The van der Waals surface area contributed by atoms with Gasteiger partial charge in [0.2, 0.25) is 0 Å². The molecule has 2 rings (SSSR count). The third-order valence-corrected chi connectivity index (χ3v) is 4.21. The highest BCUT2D eigenvalue weighted by molar-refractivity contribution is 5.82. The van der Waals surface area contributed by atoms with E-state index < -0.39 is 64.7 Å². The molecule has 0 fully saturated rings. The Hall–Kier alpha value is -2.84. The van der Waals surface area contributed by atoms with Gasteiger partial charge >= 0.3 is 47.8 Å². The first-order valence-electron chi connectivity index (χ1n) is 7.95. The van der Waals surface area contributed by atoms with Crippen LogP contribution in [-0.4, -0.2) is 67.7 Å². The molecule has 0 aliphatic heterocycles. The van der Waals surface area contributed by atoms with Gasteiger partial charge < -0.3 is 10.3 Å². The quantitative estimate of drug-likeness (QED) is 0.324. The summed E-state index contributed by atoms with van der Waals surface area (Å²) in [4.78, 5) is 11.3. The predicted molar refractivity (Wildman–Crippen MR) is 76.0 cm³/mol. The van der Waals surface area contributed by atoms with E-state index in [9.17, 15) is 74.6 Å². The van der Waals surface area contributed by atoms with Crippen molar-refractivity contribution in [2.75, 3.05) is 5.32 Å². The molecule has 0 amide bonds. The molecule has 2 N–H and O–H groups in total. The third-order valence-electron chi connectivity index (χ3n) is 4.21. The van der Waals surface area contributed by atoms with Crippen LogP contribution in [0.15, 0.2) is 12.7 Å². The van der Waals surface area contributed by atoms with Crippen molar-refractivity contribution in [2.45, 2.75) is 47.8 Å². The number of hydrogen-bond acceptors (Lipinski definition) is 4. The maximum atomic E-state index is 13.9. The summed E-state index contributed by atoms with van der Waals surface area (Å²) in [6.45, 7) is 0.